The zero-order valence-corrected chi connectivity index (χ0v) is 10.3. The van der Waals surface area contributed by atoms with Gasteiger partial charge in [-0.15, -0.1) is 0 Å². The lowest BCUT2D eigenvalue weighted by atomic mass is 9.91. The molecule has 0 aliphatic heterocycles. The van der Waals surface area contributed by atoms with Crippen molar-refractivity contribution in [2.45, 2.75) is 18.4 Å². The van der Waals surface area contributed by atoms with Crippen LogP contribution in [-0.2, 0) is 21.5 Å². The Hall–Kier alpha value is -1.46. The van der Waals surface area contributed by atoms with Crippen LogP contribution in [0.1, 0.15) is 17.5 Å². The molecule has 3 N–H and O–H groups in total. The van der Waals surface area contributed by atoms with Gasteiger partial charge in [-0.1, -0.05) is 12.1 Å². The minimum absolute atomic E-state index is 0.274. The molecule has 98 valence electrons. The maximum atomic E-state index is 13.7. The van der Waals surface area contributed by atoms with Crippen LogP contribution in [-0.4, -0.2) is 26.2 Å². The number of nitrogens with one attached hydrogen (secondary N) is 1. The number of primary amides is 1. The van der Waals surface area contributed by atoms with Gasteiger partial charge in [-0.3, -0.25) is 10.1 Å². The van der Waals surface area contributed by atoms with Crippen LogP contribution in [0.5, 0.6) is 0 Å². The molecule has 1 aliphatic rings. The minimum Gasteiger partial charge on any atom is -0.383 e. The Kier molecular flexibility index (Phi) is 3.63. The van der Waals surface area contributed by atoms with Gasteiger partial charge in [0.2, 0.25) is 5.91 Å². The number of fused-ring (bicyclic) bond motifs is 1. The van der Waals surface area contributed by atoms with Crippen LogP contribution in [0, 0.1) is 5.82 Å². The Morgan fingerprint density at radius 3 is 3.06 bits per heavy atom. The number of methoxy groups -OCH3 is 1. The van der Waals surface area contributed by atoms with E-state index in [1.54, 1.807) is 19.2 Å². The minimum atomic E-state index is -0.962. The zero-order chi connectivity index (χ0) is 13.2. The van der Waals surface area contributed by atoms with E-state index in [1.165, 1.54) is 6.07 Å². The molecule has 0 saturated heterocycles. The number of nitrogens with two attached hydrogens (primary N) is 1. The first-order chi connectivity index (χ1) is 8.62. The molecule has 1 atom stereocenters. The molecular weight excluding hydrogens is 235 g/mol. The van der Waals surface area contributed by atoms with Gasteiger partial charge in [0, 0.05) is 13.7 Å². The first-order valence-electron chi connectivity index (χ1n) is 5.93. The smallest absolute Gasteiger partial charge is 0.242 e. The molecule has 1 unspecified atom stereocenters. The van der Waals surface area contributed by atoms with Crippen molar-refractivity contribution in [2.75, 3.05) is 20.3 Å². The Morgan fingerprint density at radius 2 is 2.39 bits per heavy atom. The largest absolute Gasteiger partial charge is 0.383 e. The Balaban J connectivity index is 2.35. The predicted octanol–water partition coefficient (Wildman–Crippen LogP) is 0.689. The molecule has 18 heavy (non-hydrogen) atoms. The van der Waals surface area contributed by atoms with Crippen molar-refractivity contribution in [3.05, 3.63) is 35.1 Å². The summed E-state index contributed by atoms with van der Waals surface area (Å²) in [6.45, 7) is 0.967. The van der Waals surface area contributed by atoms with Gasteiger partial charge in [0.25, 0.3) is 0 Å². The number of benzene rings is 1. The summed E-state index contributed by atoms with van der Waals surface area (Å²) in [6.07, 6.45) is 1.01. The standard InChI is InChI=1S/C13H17FN2O2/c1-18-8-7-16-13(12(15)17)6-5-9-10(13)3-2-4-11(9)14/h2-4,16H,5-8H2,1H3,(H2,15,17). The van der Waals surface area contributed by atoms with E-state index >= 15 is 0 Å². The van der Waals surface area contributed by atoms with Crippen molar-refractivity contribution in [3.63, 3.8) is 0 Å². The number of halogens is 1. The maximum Gasteiger partial charge on any atom is 0.242 e. The average Bonchev–Trinajstić information content (AvgIpc) is 2.72. The van der Waals surface area contributed by atoms with E-state index in [9.17, 15) is 9.18 Å². The second-order valence-electron chi connectivity index (χ2n) is 4.46. The van der Waals surface area contributed by atoms with Gasteiger partial charge in [-0.05, 0) is 30.0 Å². The van der Waals surface area contributed by atoms with E-state index in [4.69, 9.17) is 10.5 Å². The lowest BCUT2D eigenvalue weighted by molar-refractivity contribution is -0.124. The molecule has 2 rings (SSSR count). The highest BCUT2D eigenvalue weighted by atomic mass is 19.1. The summed E-state index contributed by atoms with van der Waals surface area (Å²) in [5.74, 6) is -0.743. The van der Waals surface area contributed by atoms with E-state index in [2.05, 4.69) is 5.32 Å². The summed E-state index contributed by atoms with van der Waals surface area (Å²) in [6, 6.07) is 4.77. The van der Waals surface area contributed by atoms with Gasteiger partial charge in [0.05, 0.1) is 6.61 Å². The normalized spacial score (nSPS) is 21.9. The van der Waals surface area contributed by atoms with Gasteiger partial charge in [-0.2, -0.15) is 0 Å². The lowest BCUT2D eigenvalue weighted by Gasteiger charge is -2.28. The van der Waals surface area contributed by atoms with Crippen molar-refractivity contribution in [2.24, 2.45) is 5.73 Å². The second kappa shape index (κ2) is 5.04. The lowest BCUT2D eigenvalue weighted by Crippen LogP contribution is -2.52. The van der Waals surface area contributed by atoms with Crippen molar-refractivity contribution in [1.29, 1.82) is 0 Å². The molecular formula is C13H17FN2O2. The zero-order valence-electron chi connectivity index (χ0n) is 10.3. The van der Waals surface area contributed by atoms with Crippen LogP contribution in [0.4, 0.5) is 4.39 Å². The molecule has 0 saturated carbocycles. The summed E-state index contributed by atoms with van der Waals surface area (Å²) in [5, 5.41) is 3.11. The number of amides is 1. The molecule has 0 radical (unpaired) electrons. The number of hydrogen-bond donors (Lipinski definition) is 2. The van der Waals surface area contributed by atoms with E-state index in [-0.39, 0.29) is 5.82 Å². The number of rotatable bonds is 5. The second-order valence-corrected chi connectivity index (χ2v) is 4.46. The van der Waals surface area contributed by atoms with E-state index in [1.807, 2.05) is 0 Å². The SMILES string of the molecule is COCCNC1(C(N)=O)CCc2c(F)cccc21. The number of hydrogen-bond acceptors (Lipinski definition) is 3. The van der Waals surface area contributed by atoms with Gasteiger partial charge in [-0.25, -0.2) is 4.39 Å². The Morgan fingerprint density at radius 1 is 1.61 bits per heavy atom. The number of ether oxygens (including phenoxy) is 1. The average molecular weight is 252 g/mol. The van der Waals surface area contributed by atoms with Crippen LogP contribution in [0.25, 0.3) is 0 Å². The fraction of sp³-hybridized carbons (Fsp3) is 0.462. The van der Waals surface area contributed by atoms with Crippen LogP contribution in [0.15, 0.2) is 18.2 Å². The van der Waals surface area contributed by atoms with Gasteiger partial charge in [0.15, 0.2) is 0 Å². The van der Waals surface area contributed by atoms with E-state index in [0.29, 0.717) is 37.1 Å². The summed E-state index contributed by atoms with van der Waals surface area (Å²) < 4.78 is 18.6. The summed E-state index contributed by atoms with van der Waals surface area (Å²) in [4.78, 5) is 11.8. The number of carbonyl (C=O) groups excluding carboxylic acids is 1. The fourth-order valence-corrected chi connectivity index (χ4v) is 2.55. The molecule has 0 aromatic heterocycles. The molecule has 5 heteroatoms. The Labute approximate surface area is 105 Å². The maximum absolute atomic E-state index is 13.7. The van der Waals surface area contributed by atoms with E-state index < -0.39 is 11.4 Å². The van der Waals surface area contributed by atoms with Crippen molar-refractivity contribution >= 4 is 5.91 Å². The van der Waals surface area contributed by atoms with Crippen molar-refractivity contribution in [3.8, 4) is 0 Å². The summed E-state index contributed by atoms with van der Waals surface area (Å²) >= 11 is 0. The first kappa shape index (κ1) is 13.0. The quantitative estimate of drug-likeness (QED) is 0.758. The number of carbonyl (C=O) groups is 1. The fourth-order valence-electron chi connectivity index (χ4n) is 2.55. The molecule has 1 aliphatic carbocycles. The third kappa shape index (κ3) is 2.00. The third-order valence-corrected chi connectivity index (χ3v) is 3.48. The molecule has 0 heterocycles. The highest BCUT2D eigenvalue weighted by Gasteiger charge is 2.44. The predicted molar refractivity (Wildman–Crippen MR) is 65.5 cm³/mol. The van der Waals surface area contributed by atoms with Crippen LogP contribution < -0.4 is 11.1 Å². The monoisotopic (exact) mass is 252 g/mol. The molecule has 1 aromatic carbocycles. The van der Waals surface area contributed by atoms with Crippen LogP contribution in [0.2, 0.25) is 0 Å². The summed E-state index contributed by atoms with van der Waals surface area (Å²) in [5.41, 5.74) is 5.80. The molecule has 0 fully saturated rings. The Bertz CT molecular complexity index is 464. The molecule has 1 amide bonds. The van der Waals surface area contributed by atoms with Crippen LogP contribution >= 0.6 is 0 Å². The first-order valence-corrected chi connectivity index (χ1v) is 5.93. The molecule has 4 nitrogen and oxygen atoms in total. The van der Waals surface area contributed by atoms with Crippen molar-refractivity contribution in [1.82, 2.24) is 5.32 Å². The van der Waals surface area contributed by atoms with Gasteiger partial charge >= 0.3 is 0 Å². The molecule has 0 spiro atoms. The van der Waals surface area contributed by atoms with Gasteiger partial charge < -0.3 is 10.5 Å². The highest BCUT2D eigenvalue weighted by Crippen LogP contribution is 2.37. The van der Waals surface area contributed by atoms with Gasteiger partial charge in [0.1, 0.15) is 11.4 Å². The third-order valence-electron chi connectivity index (χ3n) is 3.48. The van der Waals surface area contributed by atoms with E-state index in [0.717, 1.165) is 0 Å². The van der Waals surface area contributed by atoms with Crippen LogP contribution in [0.3, 0.4) is 0 Å². The highest BCUT2D eigenvalue weighted by molar-refractivity contribution is 5.87. The molecule has 1 aromatic rings. The summed E-state index contributed by atoms with van der Waals surface area (Å²) in [7, 11) is 1.58. The van der Waals surface area contributed by atoms with Crippen molar-refractivity contribution < 1.29 is 13.9 Å². The topological polar surface area (TPSA) is 64.3 Å². The molecule has 0 bridgehead atoms.